The summed E-state index contributed by atoms with van der Waals surface area (Å²) >= 11 is 0. The predicted molar refractivity (Wildman–Crippen MR) is 137 cm³/mol. The molecule has 0 aromatic carbocycles. The summed E-state index contributed by atoms with van der Waals surface area (Å²) in [6.45, 7) is 7.72. The topological polar surface area (TPSA) is 26.0 Å². The van der Waals surface area contributed by atoms with Crippen LogP contribution in [-0.4, -0.2) is 6.54 Å². The SMILES string of the molecule is CCCCCCCCCCCCCC.CCCCCCCCCCCCCCN. The van der Waals surface area contributed by atoms with Crippen LogP contribution in [0.15, 0.2) is 0 Å². The summed E-state index contributed by atoms with van der Waals surface area (Å²) in [5, 5.41) is 0. The van der Waals surface area contributed by atoms with Gasteiger partial charge in [0.2, 0.25) is 0 Å². The van der Waals surface area contributed by atoms with Gasteiger partial charge in [0.25, 0.3) is 0 Å². The average Bonchev–Trinajstić information content (AvgIpc) is 2.74. The molecule has 0 heterocycles. The highest BCUT2D eigenvalue weighted by Gasteiger charge is 1.93. The number of unbranched alkanes of at least 4 members (excludes halogenated alkanes) is 22. The van der Waals surface area contributed by atoms with Crippen molar-refractivity contribution in [3.63, 3.8) is 0 Å². The Hall–Kier alpha value is -0.0400. The molecule has 0 saturated heterocycles. The summed E-state index contributed by atoms with van der Waals surface area (Å²) in [5.41, 5.74) is 5.45. The van der Waals surface area contributed by atoms with Crippen LogP contribution in [-0.2, 0) is 0 Å². The highest BCUT2D eigenvalue weighted by atomic mass is 14.5. The third-order valence-electron chi connectivity index (χ3n) is 6.01. The molecule has 0 aromatic heterocycles. The van der Waals surface area contributed by atoms with E-state index < -0.39 is 0 Å². The molecule has 0 aliphatic heterocycles. The quantitative estimate of drug-likeness (QED) is 0.166. The van der Waals surface area contributed by atoms with Gasteiger partial charge in [-0.15, -0.1) is 0 Å². The van der Waals surface area contributed by atoms with E-state index >= 15 is 0 Å². The maximum Gasteiger partial charge on any atom is -0.00773 e. The van der Waals surface area contributed by atoms with E-state index in [0.717, 1.165) is 6.54 Å². The fourth-order valence-corrected chi connectivity index (χ4v) is 3.90. The first-order valence-electron chi connectivity index (χ1n) is 14.0. The Morgan fingerprint density at radius 3 is 0.621 bits per heavy atom. The van der Waals surface area contributed by atoms with Crippen molar-refractivity contribution >= 4 is 0 Å². The van der Waals surface area contributed by atoms with Crippen molar-refractivity contribution in [2.75, 3.05) is 6.54 Å². The Morgan fingerprint density at radius 2 is 0.448 bits per heavy atom. The Kier molecular flexibility index (Phi) is 35.0. The van der Waals surface area contributed by atoms with Gasteiger partial charge in [-0.1, -0.05) is 168 Å². The second-order valence-electron chi connectivity index (χ2n) is 9.21. The first kappa shape index (κ1) is 31.1. The summed E-state index contributed by atoms with van der Waals surface area (Å²) in [5.74, 6) is 0. The summed E-state index contributed by atoms with van der Waals surface area (Å²) in [7, 11) is 0. The molecule has 0 saturated carbocycles. The van der Waals surface area contributed by atoms with Crippen LogP contribution in [0.2, 0.25) is 0 Å². The number of nitrogens with two attached hydrogens (primary N) is 1. The van der Waals surface area contributed by atoms with Crippen molar-refractivity contribution in [3.05, 3.63) is 0 Å². The van der Waals surface area contributed by atoms with Crippen LogP contribution in [0.4, 0.5) is 0 Å². The zero-order chi connectivity index (χ0) is 21.7. The normalized spacial score (nSPS) is 10.8. The second-order valence-corrected chi connectivity index (χ2v) is 9.21. The van der Waals surface area contributed by atoms with Gasteiger partial charge >= 0.3 is 0 Å². The molecule has 0 aliphatic rings. The molecule has 0 rings (SSSR count). The van der Waals surface area contributed by atoms with Crippen molar-refractivity contribution < 1.29 is 0 Å². The van der Waals surface area contributed by atoms with Gasteiger partial charge < -0.3 is 5.73 Å². The lowest BCUT2D eigenvalue weighted by Gasteiger charge is -2.01. The van der Waals surface area contributed by atoms with E-state index in [1.165, 1.54) is 154 Å². The van der Waals surface area contributed by atoms with Crippen LogP contribution in [0.1, 0.15) is 175 Å². The van der Waals surface area contributed by atoms with Crippen LogP contribution >= 0.6 is 0 Å². The van der Waals surface area contributed by atoms with Gasteiger partial charge in [0, 0.05) is 0 Å². The molecule has 0 radical (unpaired) electrons. The Bertz CT molecular complexity index is 214. The van der Waals surface area contributed by atoms with Crippen LogP contribution in [0.25, 0.3) is 0 Å². The third-order valence-corrected chi connectivity index (χ3v) is 6.01. The predicted octanol–water partition coefficient (Wildman–Crippen LogP) is 10.4. The Morgan fingerprint density at radius 1 is 0.276 bits per heavy atom. The van der Waals surface area contributed by atoms with Crippen molar-refractivity contribution in [3.8, 4) is 0 Å². The first-order valence-corrected chi connectivity index (χ1v) is 14.0. The molecule has 0 fully saturated rings. The minimum absolute atomic E-state index is 0.872. The molecule has 0 spiro atoms. The lowest BCUT2D eigenvalue weighted by atomic mass is 10.1. The smallest absolute Gasteiger partial charge is 0.00773 e. The van der Waals surface area contributed by atoms with E-state index in [1.807, 2.05) is 0 Å². The molecular weight excluding hydrogens is 350 g/mol. The fourth-order valence-electron chi connectivity index (χ4n) is 3.90. The maximum absolute atomic E-state index is 5.45. The van der Waals surface area contributed by atoms with Gasteiger partial charge in [0.1, 0.15) is 0 Å². The molecule has 0 atom stereocenters. The zero-order valence-electron chi connectivity index (χ0n) is 21.3. The molecular formula is C28H61N. The molecule has 2 N–H and O–H groups in total. The van der Waals surface area contributed by atoms with E-state index in [-0.39, 0.29) is 0 Å². The van der Waals surface area contributed by atoms with Crippen molar-refractivity contribution in [2.45, 2.75) is 175 Å². The molecule has 0 amide bonds. The number of hydrogen-bond donors (Lipinski definition) is 1. The lowest BCUT2D eigenvalue weighted by Crippen LogP contribution is -1.97. The molecule has 178 valence electrons. The molecule has 0 unspecified atom stereocenters. The number of hydrogen-bond acceptors (Lipinski definition) is 1. The molecule has 1 heteroatoms. The minimum atomic E-state index is 0.872. The van der Waals surface area contributed by atoms with Gasteiger partial charge in [-0.05, 0) is 13.0 Å². The van der Waals surface area contributed by atoms with E-state index in [1.54, 1.807) is 0 Å². The zero-order valence-corrected chi connectivity index (χ0v) is 21.3. The largest absolute Gasteiger partial charge is 0.330 e. The molecule has 1 nitrogen and oxygen atoms in total. The van der Waals surface area contributed by atoms with E-state index in [9.17, 15) is 0 Å². The van der Waals surface area contributed by atoms with Gasteiger partial charge in [-0.25, -0.2) is 0 Å². The summed E-state index contributed by atoms with van der Waals surface area (Å²) in [6, 6.07) is 0. The summed E-state index contributed by atoms with van der Waals surface area (Å²) in [4.78, 5) is 0. The van der Waals surface area contributed by atoms with Crippen LogP contribution < -0.4 is 5.73 Å². The van der Waals surface area contributed by atoms with Crippen molar-refractivity contribution in [1.82, 2.24) is 0 Å². The summed E-state index contributed by atoms with van der Waals surface area (Å²) in [6.07, 6.45) is 34.3. The summed E-state index contributed by atoms with van der Waals surface area (Å²) < 4.78 is 0. The minimum Gasteiger partial charge on any atom is -0.330 e. The van der Waals surface area contributed by atoms with Gasteiger partial charge in [0.05, 0.1) is 0 Å². The second kappa shape index (κ2) is 32.6. The third kappa shape index (κ3) is 35.7. The first-order chi connectivity index (χ1) is 14.3. The Labute approximate surface area is 187 Å². The standard InChI is InChI=1S/C14H31N.C14H30/c1-2-3-4-5-6-7-8-9-10-11-12-13-14-15;1-3-5-7-9-11-13-14-12-10-8-6-4-2/h2-15H2,1H3;3-14H2,1-2H3. The van der Waals surface area contributed by atoms with Crippen LogP contribution in [0.3, 0.4) is 0 Å². The van der Waals surface area contributed by atoms with Gasteiger partial charge in [-0.3, -0.25) is 0 Å². The lowest BCUT2D eigenvalue weighted by molar-refractivity contribution is 0.545. The average molecular weight is 412 g/mol. The Balaban J connectivity index is 0. The van der Waals surface area contributed by atoms with Crippen molar-refractivity contribution in [2.24, 2.45) is 5.73 Å². The highest BCUT2D eigenvalue weighted by molar-refractivity contribution is 4.49. The van der Waals surface area contributed by atoms with Crippen LogP contribution in [0.5, 0.6) is 0 Å². The molecule has 0 aromatic rings. The monoisotopic (exact) mass is 411 g/mol. The highest BCUT2D eigenvalue weighted by Crippen LogP contribution is 2.12. The van der Waals surface area contributed by atoms with Crippen LogP contribution in [0, 0.1) is 0 Å². The van der Waals surface area contributed by atoms with E-state index in [4.69, 9.17) is 5.73 Å². The molecule has 0 bridgehead atoms. The number of rotatable bonds is 23. The maximum atomic E-state index is 5.45. The van der Waals surface area contributed by atoms with Gasteiger partial charge in [-0.2, -0.15) is 0 Å². The van der Waals surface area contributed by atoms with Crippen molar-refractivity contribution in [1.29, 1.82) is 0 Å². The molecule has 29 heavy (non-hydrogen) atoms. The van der Waals surface area contributed by atoms with E-state index in [0.29, 0.717) is 0 Å². The van der Waals surface area contributed by atoms with E-state index in [2.05, 4.69) is 20.8 Å². The van der Waals surface area contributed by atoms with Gasteiger partial charge in [0.15, 0.2) is 0 Å². The molecule has 0 aliphatic carbocycles. The fraction of sp³-hybridized carbons (Fsp3) is 1.00.